The fraction of sp³-hybridized carbons (Fsp3) is 0.188. The standard InChI is InChI=1S/C16H17BrN2O3S/c1-12-3-2-4-13(9-12)10-18-16(20)11-19-23(21,22)15-7-5-14(17)6-8-15/h2-9,19H,10-11H2,1H3,(H,18,20). The Labute approximate surface area is 144 Å². The zero-order valence-corrected chi connectivity index (χ0v) is 14.9. The van der Waals surface area contributed by atoms with Gasteiger partial charge >= 0.3 is 0 Å². The van der Waals surface area contributed by atoms with Gasteiger partial charge in [-0.2, -0.15) is 0 Å². The number of aryl methyl sites for hydroxylation is 1. The number of rotatable bonds is 6. The summed E-state index contributed by atoms with van der Waals surface area (Å²) >= 11 is 3.24. The summed E-state index contributed by atoms with van der Waals surface area (Å²) < 4.78 is 27.2. The largest absolute Gasteiger partial charge is 0.351 e. The van der Waals surface area contributed by atoms with Crippen LogP contribution < -0.4 is 10.0 Å². The lowest BCUT2D eigenvalue weighted by molar-refractivity contribution is -0.120. The van der Waals surface area contributed by atoms with Gasteiger partial charge in [0.2, 0.25) is 15.9 Å². The molecule has 2 rings (SSSR count). The molecule has 2 aromatic rings. The molecule has 5 nitrogen and oxygen atoms in total. The topological polar surface area (TPSA) is 75.3 Å². The Morgan fingerprint density at radius 2 is 1.83 bits per heavy atom. The number of sulfonamides is 1. The van der Waals surface area contributed by atoms with Crippen LogP contribution in [0.3, 0.4) is 0 Å². The average Bonchev–Trinajstić information content (AvgIpc) is 2.51. The van der Waals surface area contributed by atoms with Crippen LogP contribution >= 0.6 is 15.9 Å². The van der Waals surface area contributed by atoms with Crippen molar-refractivity contribution in [3.63, 3.8) is 0 Å². The van der Waals surface area contributed by atoms with E-state index in [1.165, 1.54) is 12.1 Å². The highest BCUT2D eigenvalue weighted by atomic mass is 79.9. The molecular formula is C16H17BrN2O3S. The lowest BCUT2D eigenvalue weighted by Crippen LogP contribution is -2.36. The summed E-state index contributed by atoms with van der Waals surface area (Å²) in [5.74, 6) is -0.382. The highest BCUT2D eigenvalue weighted by Crippen LogP contribution is 2.14. The van der Waals surface area contributed by atoms with Gasteiger partial charge in [0.15, 0.2) is 0 Å². The molecule has 0 radical (unpaired) electrons. The molecule has 0 unspecified atom stereocenters. The van der Waals surface area contributed by atoms with Crippen molar-refractivity contribution < 1.29 is 13.2 Å². The molecule has 2 aromatic carbocycles. The van der Waals surface area contributed by atoms with E-state index in [1.807, 2.05) is 31.2 Å². The van der Waals surface area contributed by atoms with E-state index in [0.717, 1.165) is 15.6 Å². The van der Waals surface area contributed by atoms with Gasteiger partial charge in [-0.05, 0) is 36.8 Å². The van der Waals surface area contributed by atoms with Crippen LogP contribution in [0.2, 0.25) is 0 Å². The number of hydrogen-bond acceptors (Lipinski definition) is 3. The lowest BCUT2D eigenvalue weighted by Gasteiger charge is -2.08. The predicted molar refractivity (Wildman–Crippen MR) is 92.4 cm³/mol. The van der Waals surface area contributed by atoms with Crippen LogP contribution in [-0.2, 0) is 21.4 Å². The molecule has 122 valence electrons. The molecule has 0 fully saturated rings. The second-order valence-electron chi connectivity index (χ2n) is 5.04. The molecule has 0 heterocycles. The molecule has 0 aliphatic rings. The third-order valence-corrected chi connectivity index (χ3v) is 5.06. The summed E-state index contributed by atoms with van der Waals surface area (Å²) in [6, 6.07) is 13.9. The SMILES string of the molecule is Cc1cccc(CNC(=O)CNS(=O)(=O)c2ccc(Br)cc2)c1. The molecule has 0 bridgehead atoms. The second kappa shape index (κ2) is 7.72. The minimum atomic E-state index is -3.69. The van der Waals surface area contributed by atoms with Gasteiger partial charge in [0, 0.05) is 11.0 Å². The molecule has 0 spiro atoms. The third kappa shape index (κ3) is 5.46. The Morgan fingerprint density at radius 3 is 2.48 bits per heavy atom. The van der Waals surface area contributed by atoms with Crippen molar-refractivity contribution in [2.24, 2.45) is 0 Å². The third-order valence-electron chi connectivity index (χ3n) is 3.12. The molecule has 23 heavy (non-hydrogen) atoms. The van der Waals surface area contributed by atoms with Gasteiger partial charge in [0.25, 0.3) is 0 Å². The summed E-state index contributed by atoms with van der Waals surface area (Å²) in [6.45, 7) is 2.03. The van der Waals surface area contributed by atoms with Gasteiger partial charge in [-0.3, -0.25) is 4.79 Å². The maximum absolute atomic E-state index is 12.1. The molecule has 2 N–H and O–H groups in total. The van der Waals surface area contributed by atoms with Crippen LogP contribution in [0.5, 0.6) is 0 Å². The van der Waals surface area contributed by atoms with E-state index in [-0.39, 0.29) is 17.3 Å². The summed E-state index contributed by atoms with van der Waals surface area (Å²) in [7, 11) is -3.69. The Balaban J connectivity index is 1.87. The smallest absolute Gasteiger partial charge is 0.241 e. The van der Waals surface area contributed by atoms with Gasteiger partial charge < -0.3 is 5.32 Å². The van der Waals surface area contributed by atoms with E-state index in [4.69, 9.17) is 0 Å². The first-order chi connectivity index (χ1) is 10.9. The van der Waals surface area contributed by atoms with Crippen molar-refractivity contribution in [3.8, 4) is 0 Å². The number of carbonyl (C=O) groups is 1. The Bertz CT molecular complexity index is 789. The van der Waals surface area contributed by atoms with E-state index >= 15 is 0 Å². The highest BCUT2D eigenvalue weighted by molar-refractivity contribution is 9.10. The Morgan fingerprint density at radius 1 is 1.13 bits per heavy atom. The summed E-state index contributed by atoms with van der Waals surface area (Å²) in [5, 5.41) is 2.69. The van der Waals surface area contributed by atoms with Gasteiger partial charge in [-0.15, -0.1) is 0 Å². The van der Waals surface area contributed by atoms with Crippen molar-refractivity contribution in [1.29, 1.82) is 0 Å². The molecule has 0 aliphatic carbocycles. The zero-order valence-electron chi connectivity index (χ0n) is 12.5. The average molecular weight is 397 g/mol. The number of hydrogen-bond donors (Lipinski definition) is 2. The van der Waals surface area contributed by atoms with Gasteiger partial charge in [-0.1, -0.05) is 45.8 Å². The second-order valence-corrected chi connectivity index (χ2v) is 7.73. The first kappa shape index (κ1) is 17.7. The van der Waals surface area contributed by atoms with Crippen LogP contribution in [0, 0.1) is 6.92 Å². The van der Waals surface area contributed by atoms with Crippen LogP contribution in [0.15, 0.2) is 57.9 Å². The molecule has 0 atom stereocenters. The summed E-state index contributed by atoms with van der Waals surface area (Å²) in [6.07, 6.45) is 0. The minimum Gasteiger partial charge on any atom is -0.351 e. The van der Waals surface area contributed by atoms with E-state index in [1.54, 1.807) is 12.1 Å². The number of benzene rings is 2. The summed E-state index contributed by atoms with van der Waals surface area (Å²) in [5.41, 5.74) is 2.07. The zero-order chi connectivity index (χ0) is 16.9. The monoisotopic (exact) mass is 396 g/mol. The van der Waals surface area contributed by atoms with E-state index in [0.29, 0.717) is 6.54 Å². The van der Waals surface area contributed by atoms with E-state index in [2.05, 4.69) is 26.0 Å². The predicted octanol–water partition coefficient (Wildman–Crippen LogP) is 2.35. The Kier molecular flexibility index (Phi) is 5.92. The van der Waals surface area contributed by atoms with Crippen molar-refractivity contribution in [2.75, 3.05) is 6.54 Å². The number of halogens is 1. The van der Waals surface area contributed by atoms with Gasteiger partial charge in [0.05, 0.1) is 11.4 Å². The van der Waals surface area contributed by atoms with Gasteiger partial charge in [-0.25, -0.2) is 13.1 Å². The number of carbonyl (C=O) groups excluding carboxylic acids is 1. The molecule has 1 amide bonds. The first-order valence-electron chi connectivity index (χ1n) is 6.94. The minimum absolute atomic E-state index is 0.118. The van der Waals surface area contributed by atoms with E-state index in [9.17, 15) is 13.2 Å². The fourth-order valence-electron chi connectivity index (χ4n) is 1.94. The van der Waals surface area contributed by atoms with Crippen LogP contribution in [0.1, 0.15) is 11.1 Å². The molecule has 7 heteroatoms. The molecular weight excluding hydrogens is 380 g/mol. The lowest BCUT2D eigenvalue weighted by atomic mass is 10.1. The first-order valence-corrected chi connectivity index (χ1v) is 9.22. The maximum atomic E-state index is 12.1. The van der Waals surface area contributed by atoms with Gasteiger partial charge in [0.1, 0.15) is 0 Å². The van der Waals surface area contributed by atoms with E-state index < -0.39 is 10.0 Å². The molecule has 0 aliphatic heterocycles. The highest BCUT2D eigenvalue weighted by Gasteiger charge is 2.15. The maximum Gasteiger partial charge on any atom is 0.241 e. The molecule has 0 aromatic heterocycles. The summed E-state index contributed by atoms with van der Waals surface area (Å²) in [4.78, 5) is 11.9. The molecule has 0 saturated heterocycles. The molecule has 0 saturated carbocycles. The Hall–Kier alpha value is -1.70. The normalized spacial score (nSPS) is 11.2. The van der Waals surface area contributed by atoms with Crippen LogP contribution in [-0.4, -0.2) is 20.9 Å². The van der Waals surface area contributed by atoms with Crippen LogP contribution in [0.4, 0.5) is 0 Å². The van der Waals surface area contributed by atoms with Crippen molar-refractivity contribution in [2.45, 2.75) is 18.4 Å². The quantitative estimate of drug-likeness (QED) is 0.786. The number of nitrogens with one attached hydrogen (secondary N) is 2. The van der Waals surface area contributed by atoms with Crippen LogP contribution in [0.25, 0.3) is 0 Å². The van der Waals surface area contributed by atoms with Crippen molar-refractivity contribution in [1.82, 2.24) is 10.0 Å². The fourth-order valence-corrected chi connectivity index (χ4v) is 3.19. The number of amides is 1. The van der Waals surface area contributed by atoms with Crippen molar-refractivity contribution >= 4 is 31.9 Å². The van der Waals surface area contributed by atoms with Crippen molar-refractivity contribution in [3.05, 3.63) is 64.1 Å².